The number of hydrogen-bond donors (Lipinski definition) is 0. The molecule has 0 aromatic heterocycles. The van der Waals surface area contributed by atoms with E-state index < -0.39 is 0 Å². The number of hydrogen-bond acceptors (Lipinski definition) is 2. The van der Waals surface area contributed by atoms with E-state index in [1.807, 2.05) is 0 Å². The molecule has 42 valence electrons. The normalized spacial score (nSPS) is 10.0. The topological polar surface area (TPSA) is 26.3 Å². The molecule has 0 bridgehead atoms. The summed E-state index contributed by atoms with van der Waals surface area (Å²) in [5, 5.41) is 0.299. The van der Waals surface area contributed by atoms with Crippen LogP contribution in [0.5, 0.6) is 0 Å². The van der Waals surface area contributed by atoms with Crippen LogP contribution in [0, 0.1) is 0 Å². The standard InChI is InChI=1S/C3H6BrO2P/c1-7-6-3(5)2-4/h7H,2H2,1H3. The Hall–Kier alpha value is 0.380. The molecule has 0 aromatic rings. The van der Waals surface area contributed by atoms with Gasteiger partial charge in [0, 0.05) is 0 Å². The van der Waals surface area contributed by atoms with Crippen molar-refractivity contribution in [3.05, 3.63) is 0 Å². The number of alkyl halides is 1. The maximum Gasteiger partial charge on any atom is 0.318 e. The average molecular weight is 185 g/mol. The molecule has 1 atom stereocenters. The van der Waals surface area contributed by atoms with Crippen molar-refractivity contribution in [2.75, 3.05) is 12.0 Å². The third kappa shape index (κ3) is 4.23. The third-order valence-electron chi connectivity index (χ3n) is 0.325. The molecule has 2 nitrogen and oxygen atoms in total. The summed E-state index contributed by atoms with van der Waals surface area (Å²) in [5.74, 6) is -0.194. The molecule has 0 radical (unpaired) electrons. The van der Waals surface area contributed by atoms with Gasteiger partial charge in [0.15, 0.2) is 0 Å². The van der Waals surface area contributed by atoms with Gasteiger partial charge in [-0.3, -0.25) is 4.79 Å². The predicted octanol–water partition coefficient (Wildman–Crippen LogP) is 1.15. The number of rotatable bonds is 2. The Kier molecular flexibility index (Phi) is 4.78. The van der Waals surface area contributed by atoms with Crippen LogP contribution < -0.4 is 0 Å². The first kappa shape index (κ1) is 7.38. The van der Waals surface area contributed by atoms with E-state index in [1.165, 1.54) is 0 Å². The summed E-state index contributed by atoms with van der Waals surface area (Å²) in [6.07, 6.45) is 0. The van der Waals surface area contributed by atoms with Gasteiger partial charge in [0.25, 0.3) is 0 Å². The van der Waals surface area contributed by atoms with Crippen molar-refractivity contribution in [2.45, 2.75) is 0 Å². The fourth-order valence-electron chi connectivity index (χ4n) is 0.141. The minimum atomic E-state index is -0.194. The molecule has 0 rings (SSSR count). The Morgan fingerprint density at radius 2 is 2.57 bits per heavy atom. The number of carbonyl (C=O) groups excluding carboxylic acids is 1. The van der Waals surface area contributed by atoms with Gasteiger partial charge in [-0.15, -0.1) is 0 Å². The maximum absolute atomic E-state index is 10.1. The Labute approximate surface area is 52.6 Å². The molecule has 0 aromatic carbocycles. The van der Waals surface area contributed by atoms with Crippen molar-refractivity contribution in [2.24, 2.45) is 0 Å². The Balaban J connectivity index is 3.00. The van der Waals surface area contributed by atoms with E-state index in [1.54, 1.807) is 6.66 Å². The first-order valence-corrected chi connectivity index (χ1v) is 4.26. The van der Waals surface area contributed by atoms with Crippen molar-refractivity contribution in [3.8, 4) is 0 Å². The van der Waals surface area contributed by atoms with Crippen LogP contribution in [0.4, 0.5) is 0 Å². The molecule has 7 heavy (non-hydrogen) atoms. The summed E-state index contributed by atoms with van der Waals surface area (Å²) in [6.45, 7) is 1.81. The van der Waals surface area contributed by atoms with Gasteiger partial charge in [0.05, 0.1) is 8.81 Å². The summed E-state index contributed by atoms with van der Waals surface area (Å²) in [4.78, 5) is 10.1. The van der Waals surface area contributed by atoms with Gasteiger partial charge in [-0.25, -0.2) is 0 Å². The Morgan fingerprint density at radius 1 is 2.00 bits per heavy atom. The fraction of sp³-hybridized carbons (Fsp3) is 0.667. The molecule has 4 heteroatoms. The van der Waals surface area contributed by atoms with Crippen LogP contribution in [-0.4, -0.2) is 18.0 Å². The molecule has 0 amide bonds. The van der Waals surface area contributed by atoms with Crippen LogP contribution in [0.15, 0.2) is 0 Å². The van der Waals surface area contributed by atoms with E-state index in [0.29, 0.717) is 5.33 Å². The van der Waals surface area contributed by atoms with Crippen LogP contribution >= 0.6 is 24.7 Å². The van der Waals surface area contributed by atoms with Crippen LogP contribution in [-0.2, 0) is 9.32 Å². The predicted molar refractivity (Wildman–Crippen MR) is 34.1 cm³/mol. The molecule has 0 aliphatic heterocycles. The van der Waals surface area contributed by atoms with Crippen LogP contribution in [0.1, 0.15) is 0 Å². The first-order chi connectivity index (χ1) is 3.31. The lowest BCUT2D eigenvalue weighted by atomic mass is 10.8. The zero-order valence-corrected chi connectivity index (χ0v) is 6.49. The van der Waals surface area contributed by atoms with Gasteiger partial charge in [-0.1, -0.05) is 15.9 Å². The van der Waals surface area contributed by atoms with Gasteiger partial charge >= 0.3 is 5.97 Å². The Morgan fingerprint density at radius 3 is 2.71 bits per heavy atom. The number of halogens is 1. The van der Waals surface area contributed by atoms with E-state index in [9.17, 15) is 4.79 Å². The van der Waals surface area contributed by atoms with Crippen LogP contribution in [0.3, 0.4) is 0 Å². The molecule has 1 unspecified atom stereocenters. The van der Waals surface area contributed by atoms with Crippen molar-refractivity contribution < 1.29 is 9.32 Å². The second kappa shape index (κ2) is 4.54. The maximum atomic E-state index is 10.1. The first-order valence-electron chi connectivity index (χ1n) is 1.73. The minimum absolute atomic E-state index is 0.194. The van der Waals surface area contributed by atoms with E-state index >= 15 is 0 Å². The summed E-state index contributed by atoms with van der Waals surface area (Å²) >= 11 is 2.95. The van der Waals surface area contributed by atoms with Gasteiger partial charge in [-0.2, -0.15) is 0 Å². The highest BCUT2D eigenvalue weighted by Crippen LogP contribution is 2.04. The van der Waals surface area contributed by atoms with Crippen molar-refractivity contribution in [3.63, 3.8) is 0 Å². The Bertz CT molecular complexity index is 66.0. The van der Waals surface area contributed by atoms with E-state index in [-0.39, 0.29) is 14.8 Å². The van der Waals surface area contributed by atoms with Crippen LogP contribution in [0.25, 0.3) is 0 Å². The molecule has 0 aliphatic carbocycles. The van der Waals surface area contributed by atoms with Gasteiger partial charge in [-0.05, 0) is 6.66 Å². The SMILES string of the molecule is CPOC(=O)CBr. The number of carbonyl (C=O) groups is 1. The lowest BCUT2D eigenvalue weighted by molar-refractivity contribution is -0.130. The molecule has 0 heterocycles. The molecule has 0 aliphatic rings. The highest BCUT2D eigenvalue weighted by atomic mass is 79.9. The van der Waals surface area contributed by atoms with Gasteiger partial charge in [0.1, 0.15) is 5.33 Å². The second-order valence-corrected chi connectivity index (χ2v) is 1.98. The highest BCUT2D eigenvalue weighted by Gasteiger charge is 1.93. The lowest BCUT2D eigenvalue weighted by Gasteiger charge is -1.92. The van der Waals surface area contributed by atoms with Gasteiger partial charge in [0.2, 0.25) is 0 Å². The second-order valence-electron chi connectivity index (χ2n) is 0.812. The molecular weight excluding hydrogens is 179 g/mol. The summed E-state index contributed by atoms with van der Waals surface area (Å²) in [7, 11) is 0.265. The minimum Gasteiger partial charge on any atom is -0.448 e. The average Bonchev–Trinajstić information content (AvgIpc) is 1.68. The molecule has 0 saturated heterocycles. The van der Waals surface area contributed by atoms with E-state index in [4.69, 9.17) is 0 Å². The van der Waals surface area contributed by atoms with E-state index in [2.05, 4.69) is 20.5 Å². The largest absolute Gasteiger partial charge is 0.448 e. The van der Waals surface area contributed by atoms with E-state index in [0.717, 1.165) is 0 Å². The van der Waals surface area contributed by atoms with Crippen LogP contribution in [0.2, 0.25) is 0 Å². The zero-order valence-electron chi connectivity index (χ0n) is 3.90. The monoisotopic (exact) mass is 184 g/mol. The molecule has 0 fully saturated rings. The fourth-order valence-corrected chi connectivity index (χ4v) is 0.767. The lowest BCUT2D eigenvalue weighted by Crippen LogP contribution is -1.96. The third-order valence-corrected chi connectivity index (χ3v) is 1.21. The molecule has 0 spiro atoms. The smallest absolute Gasteiger partial charge is 0.318 e. The van der Waals surface area contributed by atoms with Gasteiger partial charge < -0.3 is 4.52 Å². The van der Waals surface area contributed by atoms with Crippen molar-refractivity contribution in [1.29, 1.82) is 0 Å². The summed E-state index contributed by atoms with van der Waals surface area (Å²) < 4.78 is 4.53. The molecular formula is C3H6BrO2P. The van der Waals surface area contributed by atoms with Crippen molar-refractivity contribution in [1.82, 2.24) is 0 Å². The summed E-state index contributed by atoms with van der Waals surface area (Å²) in [5.41, 5.74) is 0. The highest BCUT2D eigenvalue weighted by molar-refractivity contribution is 9.09. The molecule has 0 saturated carbocycles. The molecule has 0 N–H and O–H groups in total. The van der Waals surface area contributed by atoms with Crippen molar-refractivity contribution >= 4 is 30.7 Å². The zero-order chi connectivity index (χ0) is 5.70. The summed E-state index contributed by atoms with van der Waals surface area (Å²) in [6, 6.07) is 0. The quantitative estimate of drug-likeness (QED) is 0.476.